The summed E-state index contributed by atoms with van der Waals surface area (Å²) in [5.74, 6) is 1.18. The standard InChI is InChI=1S/C20H21ClN4O2S/c1-13-10-15(21)6-7-16(13)22-20(26)14-4-2-8-25(11-14)12-18-23-19(24-27-18)17-5-3-9-28-17/h3,5-7,9-10,14H,2,4,8,11-12H2,1H3,(H,22,26). The number of hydrogen-bond donors (Lipinski definition) is 1. The predicted octanol–water partition coefficient (Wildman–Crippen LogP) is 4.61. The lowest BCUT2D eigenvalue weighted by Gasteiger charge is -2.31. The molecule has 1 aliphatic rings. The second-order valence-corrected chi connectivity index (χ2v) is 8.40. The first-order chi connectivity index (χ1) is 13.6. The summed E-state index contributed by atoms with van der Waals surface area (Å²) in [6, 6.07) is 9.43. The SMILES string of the molecule is Cc1cc(Cl)ccc1NC(=O)C1CCCN(Cc2nc(-c3cccs3)no2)C1. The highest BCUT2D eigenvalue weighted by Crippen LogP contribution is 2.25. The number of nitrogens with one attached hydrogen (secondary N) is 1. The van der Waals surface area contributed by atoms with Crippen molar-refractivity contribution in [2.45, 2.75) is 26.3 Å². The number of halogens is 1. The van der Waals surface area contributed by atoms with Crippen LogP contribution in [0.4, 0.5) is 5.69 Å². The monoisotopic (exact) mass is 416 g/mol. The second kappa shape index (κ2) is 8.43. The highest BCUT2D eigenvalue weighted by Gasteiger charge is 2.27. The fourth-order valence-electron chi connectivity index (χ4n) is 3.43. The van der Waals surface area contributed by atoms with Crippen LogP contribution in [0.15, 0.2) is 40.2 Å². The third-order valence-electron chi connectivity index (χ3n) is 4.89. The van der Waals surface area contributed by atoms with Crippen LogP contribution in [0.3, 0.4) is 0 Å². The van der Waals surface area contributed by atoms with Crippen LogP contribution in [0.1, 0.15) is 24.3 Å². The lowest BCUT2D eigenvalue weighted by Crippen LogP contribution is -2.40. The lowest BCUT2D eigenvalue weighted by molar-refractivity contribution is -0.121. The number of likely N-dealkylation sites (tertiary alicyclic amines) is 1. The first kappa shape index (κ1) is 19.1. The van der Waals surface area contributed by atoms with Gasteiger partial charge in [0.05, 0.1) is 17.3 Å². The van der Waals surface area contributed by atoms with Crippen molar-refractivity contribution >= 4 is 34.5 Å². The van der Waals surface area contributed by atoms with Crippen molar-refractivity contribution in [3.8, 4) is 10.7 Å². The fraction of sp³-hybridized carbons (Fsp3) is 0.350. The van der Waals surface area contributed by atoms with Crippen LogP contribution in [0.2, 0.25) is 5.02 Å². The van der Waals surface area contributed by atoms with Gasteiger partial charge in [0.1, 0.15) is 0 Å². The Morgan fingerprint density at radius 3 is 3.11 bits per heavy atom. The largest absolute Gasteiger partial charge is 0.338 e. The smallest absolute Gasteiger partial charge is 0.241 e. The molecule has 3 heterocycles. The summed E-state index contributed by atoms with van der Waals surface area (Å²) in [6.45, 7) is 4.09. The molecule has 0 spiro atoms. The lowest BCUT2D eigenvalue weighted by atomic mass is 9.97. The molecule has 146 valence electrons. The molecular weight excluding hydrogens is 396 g/mol. The van der Waals surface area contributed by atoms with Gasteiger partial charge in [0.25, 0.3) is 0 Å². The Labute approximate surface area is 172 Å². The summed E-state index contributed by atoms with van der Waals surface area (Å²) in [6.07, 6.45) is 1.84. The number of aromatic nitrogens is 2. The van der Waals surface area contributed by atoms with E-state index >= 15 is 0 Å². The molecule has 8 heteroatoms. The van der Waals surface area contributed by atoms with Gasteiger partial charge in [-0.05, 0) is 61.5 Å². The van der Waals surface area contributed by atoms with Crippen molar-refractivity contribution in [1.82, 2.24) is 15.0 Å². The Balaban J connectivity index is 1.37. The average Bonchev–Trinajstić information content (AvgIpc) is 3.36. The molecule has 0 aliphatic carbocycles. The van der Waals surface area contributed by atoms with Gasteiger partial charge in [-0.1, -0.05) is 22.8 Å². The molecule has 0 radical (unpaired) electrons. The van der Waals surface area contributed by atoms with Crippen LogP contribution in [0.5, 0.6) is 0 Å². The normalized spacial score (nSPS) is 17.6. The number of carbonyl (C=O) groups excluding carboxylic acids is 1. The second-order valence-electron chi connectivity index (χ2n) is 7.01. The van der Waals surface area contributed by atoms with E-state index in [9.17, 15) is 4.79 Å². The third kappa shape index (κ3) is 4.43. The number of nitrogens with zero attached hydrogens (tertiary/aromatic N) is 3. The van der Waals surface area contributed by atoms with Crippen LogP contribution in [0, 0.1) is 12.8 Å². The molecule has 3 aromatic rings. The third-order valence-corrected chi connectivity index (χ3v) is 5.99. The molecule has 1 aliphatic heterocycles. The molecule has 2 aromatic heterocycles. The van der Waals surface area contributed by atoms with Gasteiger partial charge in [0.2, 0.25) is 17.6 Å². The zero-order chi connectivity index (χ0) is 19.5. The van der Waals surface area contributed by atoms with Crippen molar-refractivity contribution in [2.24, 2.45) is 5.92 Å². The Morgan fingerprint density at radius 2 is 2.32 bits per heavy atom. The van der Waals surface area contributed by atoms with Gasteiger partial charge in [-0.2, -0.15) is 4.98 Å². The molecule has 4 rings (SSSR count). The maximum Gasteiger partial charge on any atom is 0.241 e. The van der Waals surface area contributed by atoms with E-state index < -0.39 is 0 Å². The summed E-state index contributed by atoms with van der Waals surface area (Å²) in [4.78, 5) is 20.4. The van der Waals surface area contributed by atoms with Gasteiger partial charge in [0.15, 0.2) is 0 Å². The van der Waals surface area contributed by atoms with E-state index in [0.717, 1.165) is 35.5 Å². The number of thiophene rings is 1. The Kier molecular flexibility index (Phi) is 5.75. The molecule has 1 saturated heterocycles. The summed E-state index contributed by atoms with van der Waals surface area (Å²) >= 11 is 7.58. The topological polar surface area (TPSA) is 71.3 Å². The number of anilines is 1. The van der Waals surface area contributed by atoms with E-state index in [4.69, 9.17) is 16.1 Å². The first-order valence-electron chi connectivity index (χ1n) is 9.24. The highest BCUT2D eigenvalue weighted by molar-refractivity contribution is 7.13. The zero-order valence-electron chi connectivity index (χ0n) is 15.5. The van der Waals surface area contributed by atoms with E-state index in [1.165, 1.54) is 0 Å². The number of benzene rings is 1. The van der Waals surface area contributed by atoms with Crippen molar-refractivity contribution in [3.05, 3.63) is 52.2 Å². The maximum absolute atomic E-state index is 12.7. The number of aryl methyl sites for hydroxylation is 1. The predicted molar refractivity (Wildman–Crippen MR) is 110 cm³/mol. The van der Waals surface area contributed by atoms with Gasteiger partial charge < -0.3 is 9.84 Å². The quantitative estimate of drug-likeness (QED) is 0.657. The van der Waals surface area contributed by atoms with Crippen LogP contribution in [-0.2, 0) is 11.3 Å². The highest BCUT2D eigenvalue weighted by atomic mass is 35.5. The molecule has 1 amide bonds. The van der Waals surface area contributed by atoms with Gasteiger partial charge in [0, 0.05) is 17.3 Å². The number of carbonyl (C=O) groups is 1. The zero-order valence-corrected chi connectivity index (χ0v) is 17.1. The molecule has 1 aromatic carbocycles. The molecule has 0 saturated carbocycles. The van der Waals surface area contributed by atoms with E-state index in [2.05, 4.69) is 20.4 Å². The van der Waals surface area contributed by atoms with Crippen molar-refractivity contribution in [3.63, 3.8) is 0 Å². The minimum Gasteiger partial charge on any atom is -0.338 e. The van der Waals surface area contributed by atoms with E-state index in [1.54, 1.807) is 17.4 Å². The minimum absolute atomic E-state index is 0.0416. The van der Waals surface area contributed by atoms with Crippen LogP contribution in [-0.4, -0.2) is 34.0 Å². The minimum atomic E-state index is -0.0662. The average molecular weight is 417 g/mol. The van der Waals surface area contributed by atoms with E-state index in [0.29, 0.717) is 29.8 Å². The summed E-state index contributed by atoms with van der Waals surface area (Å²) < 4.78 is 5.40. The number of hydrogen-bond acceptors (Lipinski definition) is 6. The van der Waals surface area contributed by atoms with Gasteiger partial charge in [-0.15, -0.1) is 11.3 Å². The van der Waals surface area contributed by atoms with Crippen LogP contribution < -0.4 is 5.32 Å². The van der Waals surface area contributed by atoms with Gasteiger partial charge >= 0.3 is 0 Å². The Hall–Kier alpha value is -2.22. The van der Waals surface area contributed by atoms with Gasteiger partial charge in [-0.25, -0.2) is 0 Å². The van der Waals surface area contributed by atoms with E-state index in [-0.39, 0.29) is 11.8 Å². The van der Waals surface area contributed by atoms with E-state index in [1.807, 2.05) is 36.6 Å². The Morgan fingerprint density at radius 1 is 1.43 bits per heavy atom. The summed E-state index contributed by atoms with van der Waals surface area (Å²) in [5, 5.41) is 9.75. The maximum atomic E-state index is 12.7. The first-order valence-corrected chi connectivity index (χ1v) is 10.5. The fourth-order valence-corrected chi connectivity index (χ4v) is 4.31. The molecule has 0 bridgehead atoms. The summed E-state index contributed by atoms with van der Waals surface area (Å²) in [7, 11) is 0. The van der Waals surface area contributed by atoms with Crippen molar-refractivity contribution in [1.29, 1.82) is 0 Å². The molecule has 6 nitrogen and oxygen atoms in total. The molecule has 28 heavy (non-hydrogen) atoms. The Bertz CT molecular complexity index is 957. The number of rotatable bonds is 5. The van der Waals surface area contributed by atoms with Crippen molar-refractivity contribution in [2.75, 3.05) is 18.4 Å². The molecule has 1 atom stereocenters. The van der Waals surface area contributed by atoms with Gasteiger partial charge in [-0.3, -0.25) is 9.69 Å². The summed E-state index contributed by atoms with van der Waals surface area (Å²) in [5.41, 5.74) is 1.77. The molecule has 1 unspecified atom stereocenters. The number of piperidine rings is 1. The van der Waals surface area contributed by atoms with Crippen LogP contribution >= 0.6 is 22.9 Å². The van der Waals surface area contributed by atoms with Crippen molar-refractivity contribution < 1.29 is 9.32 Å². The van der Waals surface area contributed by atoms with Crippen LogP contribution in [0.25, 0.3) is 10.7 Å². The molecule has 1 fully saturated rings. The number of amides is 1. The molecule has 1 N–H and O–H groups in total. The molecular formula is C20H21ClN4O2S.